The molecule has 4 nitrogen and oxygen atoms in total. The third-order valence-corrected chi connectivity index (χ3v) is 7.84. The van der Waals surface area contributed by atoms with Gasteiger partial charge in [-0.3, -0.25) is 0 Å². The zero-order valence-electron chi connectivity index (χ0n) is 14.1. The molecule has 5 atom stereocenters. The van der Waals surface area contributed by atoms with Crippen LogP contribution in [0.4, 0.5) is 0 Å². The molecule has 2 aliphatic heterocycles. The number of piperidine rings is 1. The fourth-order valence-electron chi connectivity index (χ4n) is 6.03. The van der Waals surface area contributed by atoms with Crippen LogP contribution in [0, 0.1) is 16.6 Å². The summed E-state index contributed by atoms with van der Waals surface area (Å²) in [5, 5.41) is 11.9. The number of nitrogens with zero attached hydrogens (tertiary/aromatic N) is 2. The summed E-state index contributed by atoms with van der Waals surface area (Å²) >= 11 is 1.41. The standard InChI is InChI=1S/C19H22N2O2S/c1-21-8-7-19-12-4-6-15(24-10-20)18(19)23-17-14(22-2)5-3-11(16(17)19)9-13(12)21/h3,5,12-13,15,18H,4,6-9H2,1-2H3/t12-,13+,15-,18+,19-/m0/s1. The van der Waals surface area contributed by atoms with Gasteiger partial charge in [0.15, 0.2) is 11.5 Å². The highest BCUT2D eigenvalue weighted by Crippen LogP contribution is 2.64. The van der Waals surface area contributed by atoms with Crippen LogP contribution in [0.5, 0.6) is 11.5 Å². The molecule has 2 fully saturated rings. The molecule has 0 amide bonds. The smallest absolute Gasteiger partial charge is 0.165 e. The molecule has 5 rings (SSSR count). The lowest BCUT2D eigenvalue weighted by Gasteiger charge is -2.58. The molecule has 0 aromatic heterocycles. The van der Waals surface area contributed by atoms with Crippen molar-refractivity contribution < 1.29 is 9.47 Å². The fourth-order valence-corrected chi connectivity index (χ4v) is 6.84. The second-order valence-electron chi connectivity index (χ2n) is 7.64. The molecule has 0 unspecified atom stereocenters. The van der Waals surface area contributed by atoms with E-state index < -0.39 is 0 Å². The normalized spacial score (nSPS) is 38.9. The Morgan fingerprint density at radius 3 is 3.08 bits per heavy atom. The van der Waals surface area contributed by atoms with Crippen molar-refractivity contribution in [3.05, 3.63) is 23.3 Å². The van der Waals surface area contributed by atoms with Crippen LogP contribution >= 0.6 is 11.8 Å². The number of hydrogen-bond donors (Lipinski definition) is 0. The number of thiocyanates is 1. The minimum absolute atomic E-state index is 0.0847. The first-order valence-corrected chi connectivity index (χ1v) is 9.70. The Kier molecular flexibility index (Phi) is 3.15. The van der Waals surface area contributed by atoms with Gasteiger partial charge in [0.25, 0.3) is 0 Å². The first-order chi connectivity index (χ1) is 11.7. The summed E-state index contributed by atoms with van der Waals surface area (Å²) < 4.78 is 12.2. The summed E-state index contributed by atoms with van der Waals surface area (Å²) in [7, 11) is 3.99. The van der Waals surface area contributed by atoms with E-state index in [-0.39, 0.29) is 16.8 Å². The summed E-state index contributed by atoms with van der Waals surface area (Å²) in [6.45, 7) is 1.11. The van der Waals surface area contributed by atoms with Gasteiger partial charge in [0.1, 0.15) is 11.5 Å². The average molecular weight is 342 g/mol. The van der Waals surface area contributed by atoms with Crippen molar-refractivity contribution in [2.75, 3.05) is 20.7 Å². The monoisotopic (exact) mass is 342 g/mol. The van der Waals surface area contributed by atoms with Crippen molar-refractivity contribution in [1.29, 1.82) is 5.26 Å². The summed E-state index contributed by atoms with van der Waals surface area (Å²) in [5.41, 5.74) is 2.94. The zero-order chi connectivity index (χ0) is 16.5. The minimum Gasteiger partial charge on any atom is -0.493 e. The van der Waals surface area contributed by atoms with Crippen LogP contribution in [-0.4, -0.2) is 43.0 Å². The molecule has 1 saturated heterocycles. The van der Waals surface area contributed by atoms with Crippen LogP contribution < -0.4 is 9.47 Å². The largest absolute Gasteiger partial charge is 0.493 e. The first-order valence-electron chi connectivity index (χ1n) is 8.82. The van der Waals surface area contributed by atoms with E-state index in [2.05, 4.69) is 29.5 Å². The molecule has 1 aromatic carbocycles. The maximum absolute atomic E-state index is 9.28. The molecule has 1 saturated carbocycles. The Labute approximate surface area is 147 Å². The molecule has 2 bridgehead atoms. The summed E-state index contributed by atoms with van der Waals surface area (Å²) in [6, 6.07) is 4.91. The van der Waals surface area contributed by atoms with E-state index in [1.807, 2.05) is 0 Å². The van der Waals surface area contributed by atoms with Gasteiger partial charge >= 0.3 is 0 Å². The van der Waals surface area contributed by atoms with Crippen LogP contribution in [-0.2, 0) is 11.8 Å². The van der Waals surface area contributed by atoms with Gasteiger partial charge in [0.2, 0.25) is 0 Å². The first kappa shape index (κ1) is 14.9. The highest BCUT2D eigenvalue weighted by atomic mass is 32.2. The number of rotatable bonds is 2. The third kappa shape index (κ3) is 1.64. The van der Waals surface area contributed by atoms with Gasteiger partial charge in [-0.2, -0.15) is 5.26 Å². The van der Waals surface area contributed by atoms with Crippen LogP contribution in [0.3, 0.4) is 0 Å². The number of likely N-dealkylation sites (N-methyl/N-ethyl adjacent to an activating group) is 1. The molecular formula is C19H22N2O2S. The average Bonchev–Trinajstić information content (AvgIpc) is 2.94. The lowest BCUT2D eigenvalue weighted by Crippen LogP contribution is -2.65. The van der Waals surface area contributed by atoms with Gasteiger partial charge in [-0.25, -0.2) is 0 Å². The molecule has 5 heteroatoms. The van der Waals surface area contributed by atoms with E-state index in [9.17, 15) is 5.26 Å². The van der Waals surface area contributed by atoms with Crippen molar-refractivity contribution in [2.24, 2.45) is 5.92 Å². The lowest BCUT2D eigenvalue weighted by atomic mass is 9.52. The van der Waals surface area contributed by atoms with Gasteiger partial charge in [0, 0.05) is 17.0 Å². The number of methoxy groups -OCH3 is 1. The van der Waals surface area contributed by atoms with E-state index in [4.69, 9.17) is 9.47 Å². The van der Waals surface area contributed by atoms with Crippen LogP contribution in [0.25, 0.3) is 0 Å². The summed E-state index contributed by atoms with van der Waals surface area (Å²) in [4.78, 5) is 2.55. The maximum atomic E-state index is 9.28. The molecule has 4 aliphatic rings. The number of benzene rings is 1. The van der Waals surface area contributed by atoms with Crippen molar-refractivity contribution >= 4 is 11.8 Å². The Morgan fingerprint density at radius 2 is 2.29 bits per heavy atom. The van der Waals surface area contributed by atoms with Gasteiger partial charge < -0.3 is 14.4 Å². The SMILES string of the molecule is COc1ccc2c3c1O[C@@H]1[C@@H](SC#N)CC[C@H]4[C@@H](C2)N(C)CC[C@]314. The van der Waals surface area contributed by atoms with E-state index >= 15 is 0 Å². The zero-order valence-corrected chi connectivity index (χ0v) is 14.9. The second-order valence-corrected chi connectivity index (χ2v) is 8.67. The van der Waals surface area contributed by atoms with Crippen molar-refractivity contribution in [3.63, 3.8) is 0 Å². The van der Waals surface area contributed by atoms with Crippen LogP contribution in [0.2, 0.25) is 0 Å². The molecule has 2 heterocycles. The van der Waals surface area contributed by atoms with Gasteiger partial charge in [-0.1, -0.05) is 6.07 Å². The molecule has 0 radical (unpaired) electrons. The van der Waals surface area contributed by atoms with E-state index in [1.165, 1.54) is 29.3 Å². The molecule has 1 aromatic rings. The van der Waals surface area contributed by atoms with E-state index in [0.29, 0.717) is 12.0 Å². The highest BCUT2D eigenvalue weighted by molar-refractivity contribution is 8.04. The van der Waals surface area contributed by atoms with Gasteiger partial charge in [0.05, 0.1) is 12.4 Å². The van der Waals surface area contributed by atoms with Crippen molar-refractivity contribution in [2.45, 2.75) is 48.5 Å². The molecule has 24 heavy (non-hydrogen) atoms. The molecule has 0 N–H and O–H groups in total. The Bertz CT molecular complexity index is 746. The van der Waals surface area contributed by atoms with Crippen LogP contribution in [0.15, 0.2) is 12.1 Å². The number of thioether (sulfide) groups is 1. The van der Waals surface area contributed by atoms with E-state index in [1.54, 1.807) is 7.11 Å². The molecule has 1 spiro atoms. The maximum Gasteiger partial charge on any atom is 0.165 e. The third-order valence-electron chi connectivity index (χ3n) is 6.95. The lowest BCUT2D eigenvalue weighted by molar-refractivity contribution is -0.0394. The number of hydrogen-bond acceptors (Lipinski definition) is 5. The minimum atomic E-state index is 0.0847. The van der Waals surface area contributed by atoms with Gasteiger partial charge in [-0.05, 0) is 68.6 Å². The van der Waals surface area contributed by atoms with Crippen molar-refractivity contribution in [3.8, 4) is 16.9 Å². The Hall–Kier alpha value is -1.38. The number of nitriles is 1. The predicted octanol–water partition coefficient (Wildman–Crippen LogP) is 2.95. The highest BCUT2D eigenvalue weighted by Gasteiger charge is 2.65. The Balaban J connectivity index is 1.74. The van der Waals surface area contributed by atoms with E-state index in [0.717, 1.165) is 37.3 Å². The van der Waals surface area contributed by atoms with Crippen molar-refractivity contribution in [1.82, 2.24) is 4.90 Å². The summed E-state index contributed by atoms with van der Waals surface area (Å²) in [5.74, 6) is 2.46. The summed E-state index contributed by atoms with van der Waals surface area (Å²) in [6.07, 6.45) is 4.63. The molecular weight excluding hydrogens is 320 g/mol. The second kappa shape index (κ2) is 5.06. The molecule has 2 aliphatic carbocycles. The number of ether oxygens (including phenoxy) is 2. The quantitative estimate of drug-likeness (QED) is 0.773. The predicted molar refractivity (Wildman–Crippen MR) is 93.5 cm³/mol. The van der Waals surface area contributed by atoms with Gasteiger partial charge in [-0.15, -0.1) is 0 Å². The van der Waals surface area contributed by atoms with Crippen LogP contribution in [0.1, 0.15) is 30.4 Å². The molecule has 126 valence electrons. The topological polar surface area (TPSA) is 45.5 Å². The number of likely N-dealkylation sites (tertiary alicyclic amines) is 1. The Morgan fingerprint density at radius 1 is 1.42 bits per heavy atom. The fraction of sp³-hybridized carbons (Fsp3) is 0.632.